The van der Waals surface area contributed by atoms with Gasteiger partial charge in [-0.05, 0) is 31.4 Å². The van der Waals surface area contributed by atoms with Crippen LogP contribution < -0.4 is 4.74 Å². The van der Waals surface area contributed by atoms with Gasteiger partial charge in [0.25, 0.3) is 0 Å². The Balaban J connectivity index is 1.99. The van der Waals surface area contributed by atoms with Gasteiger partial charge in [-0.15, -0.1) is 0 Å². The van der Waals surface area contributed by atoms with Crippen LogP contribution in [0, 0.1) is 12.7 Å². The van der Waals surface area contributed by atoms with Crippen molar-refractivity contribution < 1.29 is 14.2 Å². The van der Waals surface area contributed by atoms with Crippen LogP contribution in [0.1, 0.15) is 37.7 Å². The Hall–Kier alpha value is -1.09. The normalized spacial score (nSPS) is 19.0. The van der Waals surface area contributed by atoms with E-state index in [0.717, 1.165) is 25.7 Å². The first-order valence-electron chi connectivity index (χ1n) is 6.21. The van der Waals surface area contributed by atoms with E-state index in [1.165, 1.54) is 6.42 Å². The maximum absolute atomic E-state index is 13.7. The van der Waals surface area contributed by atoms with Gasteiger partial charge in [-0.25, -0.2) is 4.39 Å². The molecule has 0 aromatic heterocycles. The quantitative estimate of drug-likeness (QED) is 0.876. The molecule has 0 unspecified atom stereocenters. The van der Waals surface area contributed by atoms with Crippen molar-refractivity contribution >= 4 is 0 Å². The van der Waals surface area contributed by atoms with E-state index >= 15 is 0 Å². The number of ether oxygens (including phenoxy) is 1. The first-order valence-corrected chi connectivity index (χ1v) is 6.21. The number of rotatable bonds is 3. The molecule has 0 saturated heterocycles. The lowest BCUT2D eigenvalue weighted by Gasteiger charge is -2.31. The average Bonchev–Trinajstić information content (AvgIpc) is 2.32. The summed E-state index contributed by atoms with van der Waals surface area (Å²) in [5.41, 5.74) is -0.202. The largest absolute Gasteiger partial charge is 0.488 e. The van der Waals surface area contributed by atoms with Gasteiger partial charge in [-0.1, -0.05) is 31.4 Å². The van der Waals surface area contributed by atoms with Crippen LogP contribution in [0.5, 0.6) is 5.75 Å². The molecular formula is C14H19FO2. The highest BCUT2D eigenvalue weighted by molar-refractivity contribution is 5.30. The van der Waals surface area contributed by atoms with Crippen molar-refractivity contribution in [3.63, 3.8) is 0 Å². The fraction of sp³-hybridized carbons (Fsp3) is 0.571. The van der Waals surface area contributed by atoms with E-state index in [2.05, 4.69) is 0 Å². The van der Waals surface area contributed by atoms with Gasteiger partial charge in [0, 0.05) is 0 Å². The van der Waals surface area contributed by atoms with Gasteiger partial charge >= 0.3 is 0 Å². The molecule has 1 N–H and O–H groups in total. The Morgan fingerprint density at radius 1 is 1.29 bits per heavy atom. The van der Waals surface area contributed by atoms with Crippen molar-refractivity contribution in [1.29, 1.82) is 0 Å². The fourth-order valence-corrected chi connectivity index (χ4v) is 2.30. The molecular weight excluding hydrogens is 219 g/mol. The van der Waals surface area contributed by atoms with Gasteiger partial charge in [0.05, 0.1) is 5.60 Å². The predicted octanol–water partition coefficient (Wildman–Crippen LogP) is 3.21. The topological polar surface area (TPSA) is 29.5 Å². The highest BCUT2D eigenvalue weighted by Crippen LogP contribution is 2.29. The lowest BCUT2D eigenvalue weighted by Crippen LogP contribution is -2.38. The van der Waals surface area contributed by atoms with Crippen LogP contribution in [-0.2, 0) is 0 Å². The van der Waals surface area contributed by atoms with E-state index in [1.807, 2.05) is 0 Å². The number of hydrogen-bond acceptors (Lipinski definition) is 2. The highest BCUT2D eigenvalue weighted by Gasteiger charge is 2.30. The first-order chi connectivity index (χ1) is 8.11. The maximum atomic E-state index is 13.7. The van der Waals surface area contributed by atoms with Crippen molar-refractivity contribution in [2.45, 2.75) is 44.6 Å². The molecule has 0 heterocycles. The van der Waals surface area contributed by atoms with Crippen LogP contribution in [0.4, 0.5) is 4.39 Å². The van der Waals surface area contributed by atoms with Crippen LogP contribution >= 0.6 is 0 Å². The summed E-state index contributed by atoms with van der Waals surface area (Å²) < 4.78 is 19.1. The van der Waals surface area contributed by atoms with Gasteiger partial charge in [-0.3, -0.25) is 0 Å². The lowest BCUT2D eigenvalue weighted by molar-refractivity contribution is -0.0347. The van der Waals surface area contributed by atoms with E-state index < -0.39 is 5.60 Å². The molecule has 1 aliphatic carbocycles. The van der Waals surface area contributed by atoms with Gasteiger partial charge in [0.2, 0.25) is 0 Å². The SMILES string of the molecule is Cc1cccc(OCC2(O)CCCCC2)c1F. The summed E-state index contributed by atoms with van der Waals surface area (Å²) in [6.07, 6.45) is 4.72. The molecule has 0 radical (unpaired) electrons. The molecule has 0 amide bonds. The second-order valence-electron chi connectivity index (χ2n) is 4.96. The van der Waals surface area contributed by atoms with Crippen molar-refractivity contribution in [1.82, 2.24) is 0 Å². The van der Waals surface area contributed by atoms with Crippen LogP contribution in [-0.4, -0.2) is 17.3 Å². The Kier molecular flexibility index (Phi) is 3.67. The molecule has 0 bridgehead atoms. The molecule has 1 aliphatic rings. The van der Waals surface area contributed by atoms with Crippen molar-refractivity contribution in [2.24, 2.45) is 0 Å². The third kappa shape index (κ3) is 2.97. The minimum atomic E-state index is -0.769. The smallest absolute Gasteiger partial charge is 0.167 e. The zero-order valence-electron chi connectivity index (χ0n) is 10.2. The van der Waals surface area contributed by atoms with Gasteiger partial charge < -0.3 is 9.84 Å². The van der Waals surface area contributed by atoms with Gasteiger partial charge in [0.1, 0.15) is 6.61 Å². The average molecular weight is 238 g/mol. The highest BCUT2D eigenvalue weighted by atomic mass is 19.1. The van der Waals surface area contributed by atoms with Crippen LogP contribution in [0.2, 0.25) is 0 Å². The van der Waals surface area contributed by atoms with Crippen LogP contribution in [0.3, 0.4) is 0 Å². The lowest BCUT2D eigenvalue weighted by atomic mass is 9.85. The summed E-state index contributed by atoms with van der Waals surface area (Å²) in [5, 5.41) is 10.2. The van der Waals surface area contributed by atoms with Gasteiger partial charge in [0.15, 0.2) is 11.6 Å². The molecule has 3 heteroatoms. The van der Waals surface area contributed by atoms with Crippen LogP contribution in [0.25, 0.3) is 0 Å². The molecule has 94 valence electrons. The van der Waals surface area contributed by atoms with Crippen molar-refractivity contribution in [3.8, 4) is 5.75 Å². The Bertz CT molecular complexity index is 384. The summed E-state index contributed by atoms with van der Waals surface area (Å²) in [6.45, 7) is 1.89. The summed E-state index contributed by atoms with van der Waals surface area (Å²) in [7, 11) is 0. The molecule has 0 atom stereocenters. The number of hydrogen-bond donors (Lipinski definition) is 1. The van der Waals surface area contributed by atoms with Gasteiger partial charge in [-0.2, -0.15) is 0 Å². The number of halogens is 1. The number of benzene rings is 1. The van der Waals surface area contributed by atoms with E-state index in [4.69, 9.17) is 4.74 Å². The summed E-state index contributed by atoms with van der Waals surface area (Å²) in [4.78, 5) is 0. The Morgan fingerprint density at radius 3 is 2.71 bits per heavy atom. The molecule has 17 heavy (non-hydrogen) atoms. The molecule has 1 fully saturated rings. The molecule has 1 saturated carbocycles. The van der Waals surface area contributed by atoms with Crippen LogP contribution in [0.15, 0.2) is 18.2 Å². The van der Waals surface area contributed by atoms with E-state index in [-0.39, 0.29) is 18.2 Å². The third-order valence-corrected chi connectivity index (χ3v) is 3.44. The standard InChI is InChI=1S/C14H19FO2/c1-11-6-5-7-12(13(11)15)17-10-14(16)8-3-2-4-9-14/h5-7,16H,2-4,8-10H2,1H3. The molecule has 1 aromatic rings. The van der Waals surface area contributed by atoms with Crippen molar-refractivity contribution in [3.05, 3.63) is 29.6 Å². The van der Waals surface area contributed by atoms with E-state index in [9.17, 15) is 9.50 Å². The van der Waals surface area contributed by atoms with Crippen molar-refractivity contribution in [2.75, 3.05) is 6.61 Å². The maximum Gasteiger partial charge on any atom is 0.167 e. The Labute approximate surface area is 101 Å². The second kappa shape index (κ2) is 5.05. The summed E-state index contributed by atoms with van der Waals surface area (Å²) in [6, 6.07) is 5.07. The predicted molar refractivity (Wildman–Crippen MR) is 64.7 cm³/mol. The number of aliphatic hydroxyl groups is 1. The third-order valence-electron chi connectivity index (χ3n) is 3.44. The van der Waals surface area contributed by atoms with E-state index in [1.54, 1.807) is 25.1 Å². The molecule has 2 rings (SSSR count). The molecule has 1 aromatic carbocycles. The minimum absolute atomic E-state index is 0.188. The number of aryl methyl sites for hydroxylation is 1. The zero-order chi connectivity index (χ0) is 12.3. The zero-order valence-corrected chi connectivity index (χ0v) is 10.2. The minimum Gasteiger partial charge on any atom is -0.488 e. The first kappa shape index (κ1) is 12.4. The van der Waals surface area contributed by atoms with E-state index in [0.29, 0.717) is 5.56 Å². The molecule has 2 nitrogen and oxygen atoms in total. The Morgan fingerprint density at radius 2 is 2.00 bits per heavy atom. The molecule has 0 aliphatic heterocycles. The summed E-state index contributed by atoms with van der Waals surface area (Å²) in [5.74, 6) is -0.0871. The summed E-state index contributed by atoms with van der Waals surface area (Å²) >= 11 is 0. The monoisotopic (exact) mass is 238 g/mol. The molecule has 0 spiro atoms. The second-order valence-corrected chi connectivity index (χ2v) is 4.96. The fourth-order valence-electron chi connectivity index (χ4n) is 2.30.